The van der Waals surface area contributed by atoms with Gasteiger partial charge in [0.05, 0.1) is 18.3 Å². The number of carbonyl (C=O) groups excluding carboxylic acids is 3. The number of benzene rings is 2. The monoisotopic (exact) mass is 350 g/mol. The summed E-state index contributed by atoms with van der Waals surface area (Å²) in [5.41, 5.74) is 5.96. The fourth-order valence-electron chi connectivity index (χ4n) is 2.74. The van der Waals surface area contributed by atoms with Crippen LogP contribution in [-0.4, -0.2) is 30.0 Å². The van der Waals surface area contributed by atoms with Crippen LogP contribution in [0.5, 0.6) is 0 Å². The smallest absolute Gasteiger partial charge is 0.426 e. The summed E-state index contributed by atoms with van der Waals surface area (Å²) in [6.07, 6.45) is -0.889. The number of rotatable bonds is 3. The minimum absolute atomic E-state index is 0.246. The van der Waals surface area contributed by atoms with Gasteiger partial charge in [0.1, 0.15) is 0 Å². The largest absolute Gasteiger partial charge is 0.452 e. The number of amides is 3. The van der Waals surface area contributed by atoms with Crippen LogP contribution in [0.1, 0.15) is 22.3 Å². The third kappa shape index (κ3) is 3.09. The maximum Gasteiger partial charge on any atom is 0.426 e. The summed E-state index contributed by atoms with van der Waals surface area (Å²) in [6, 6.07) is 14.6. The number of hydrazine groups is 1. The van der Waals surface area contributed by atoms with Crippen molar-refractivity contribution < 1.29 is 19.1 Å². The predicted octanol–water partition coefficient (Wildman–Crippen LogP) is 2.85. The Morgan fingerprint density at radius 3 is 1.54 bits per heavy atom. The summed E-state index contributed by atoms with van der Waals surface area (Å²) in [7, 11) is 1.16. The lowest BCUT2D eigenvalue weighted by atomic mass is 9.95. The SMILES string of the molecule is COC(=O)NN1C(=O)C(c2ccc(C)cc2)=C(c2ccc(C)cc2)C1=O. The third-order valence-corrected chi connectivity index (χ3v) is 4.15. The second kappa shape index (κ2) is 6.84. The van der Waals surface area contributed by atoms with Crippen LogP contribution in [0.4, 0.5) is 4.79 Å². The van der Waals surface area contributed by atoms with Gasteiger partial charge in [-0.3, -0.25) is 9.59 Å². The fourth-order valence-corrected chi connectivity index (χ4v) is 2.74. The molecule has 3 amide bonds. The average molecular weight is 350 g/mol. The van der Waals surface area contributed by atoms with E-state index in [0.29, 0.717) is 16.1 Å². The number of imide groups is 1. The highest BCUT2D eigenvalue weighted by atomic mass is 16.5. The molecule has 3 rings (SSSR count). The molecule has 0 saturated heterocycles. The quantitative estimate of drug-likeness (QED) is 0.864. The molecule has 1 N–H and O–H groups in total. The van der Waals surface area contributed by atoms with Crippen molar-refractivity contribution in [3.8, 4) is 0 Å². The first kappa shape index (κ1) is 17.4. The second-order valence-corrected chi connectivity index (χ2v) is 6.03. The van der Waals surface area contributed by atoms with E-state index in [1.807, 2.05) is 38.1 Å². The standard InChI is InChI=1S/C20H18N2O4/c1-12-4-8-14(9-5-12)16-17(15-10-6-13(2)7-11-15)19(24)22(18(16)23)21-20(25)26-3/h4-11H,1-3H3,(H,21,25). The normalized spacial score (nSPS) is 14.0. The highest BCUT2D eigenvalue weighted by Crippen LogP contribution is 2.35. The Morgan fingerprint density at radius 2 is 1.19 bits per heavy atom. The van der Waals surface area contributed by atoms with E-state index in [1.165, 1.54) is 0 Å². The van der Waals surface area contributed by atoms with Gasteiger partial charge in [-0.1, -0.05) is 59.7 Å². The van der Waals surface area contributed by atoms with Crippen molar-refractivity contribution in [2.75, 3.05) is 7.11 Å². The molecule has 0 radical (unpaired) electrons. The van der Waals surface area contributed by atoms with Crippen molar-refractivity contribution in [3.63, 3.8) is 0 Å². The van der Waals surface area contributed by atoms with Crippen molar-refractivity contribution in [3.05, 3.63) is 70.8 Å². The molecule has 1 heterocycles. The highest BCUT2D eigenvalue weighted by molar-refractivity contribution is 6.49. The molecule has 132 valence electrons. The van der Waals surface area contributed by atoms with Crippen LogP contribution < -0.4 is 5.43 Å². The maximum atomic E-state index is 12.9. The van der Waals surface area contributed by atoms with Gasteiger partial charge in [0.2, 0.25) is 0 Å². The molecule has 0 fully saturated rings. The number of aryl methyl sites for hydroxylation is 2. The Bertz CT molecular complexity index is 844. The zero-order valence-electron chi connectivity index (χ0n) is 14.7. The number of nitrogens with zero attached hydrogens (tertiary/aromatic N) is 1. The molecule has 6 heteroatoms. The van der Waals surface area contributed by atoms with E-state index >= 15 is 0 Å². The van der Waals surface area contributed by atoms with Crippen LogP contribution in [0.25, 0.3) is 11.1 Å². The Balaban J connectivity index is 2.14. The van der Waals surface area contributed by atoms with Gasteiger partial charge in [-0.15, -0.1) is 0 Å². The summed E-state index contributed by atoms with van der Waals surface area (Å²) >= 11 is 0. The van der Waals surface area contributed by atoms with Crippen LogP contribution in [0.3, 0.4) is 0 Å². The number of carbonyl (C=O) groups is 3. The highest BCUT2D eigenvalue weighted by Gasteiger charge is 2.40. The topological polar surface area (TPSA) is 75.7 Å². The molecule has 26 heavy (non-hydrogen) atoms. The van der Waals surface area contributed by atoms with Gasteiger partial charge in [-0.2, -0.15) is 5.01 Å². The summed E-state index contributed by atoms with van der Waals surface area (Å²) in [4.78, 5) is 37.3. The molecule has 0 atom stereocenters. The van der Waals surface area contributed by atoms with E-state index < -0.39 is 17.9 Å². The molecule has 2 aromatic rings. The lowest BCUT2D eigenvalue weighted by Crippen LogP contribution is -2.46. The number of nitrogens with one attached hydrogen (secondary N) is 1. The summed E-state index contributed by atoms with van der Waals surface area (Å²) in [5.74, 6) is -1.19. The zero-order valence-corrected chi connectivity index (χ0v) is 14.7. The molecular formula is C20H18N2O4. The molecule has 0 saturated carbocycles. The Morgan fingerprint density at radius 1 is 0.808 bits per heavy atom. The molecule has 0 unspecified atom stereocenters. The van der Waals surface area contributed by atoms with Gasteiger partial charge in [-0.25, -0.2) is 10.2 Å². The van der Waals surface area contributed by atoms with Crippen LogP contribution in [0.15, 0.2) is 48.5 Å². The summed E-state index contributed by atoms with van der Waals surface area (Å²) < 4.78 is 4.51. The maximum absolute atomic E-state index is 12.9. The van der Waals surface area contributed by atoms with Crippen LogP contribution >= 0.6 is 0 Å². The lowest BCUT2D eigenvalue weighted by Gasteiger charge is -2.15. The lowest BCUT2D eigenvalue weighted by molar-refractivity contribution is -0.139. The van der Waals surface area contributed by atoms with Gasteiger partial charge >= 0.3 is 6.09 Å². The first-order chi connectivity index (χ1) is 12.4. The molecule has 0 bridgehead atoms. The van der Waals surface area contributed by atoms with E-state index in [9.17, 15) is 14.4 Å². The third-order valence-electron chi connectivity index (χ3n) is 4.15. The van der Waals surface area contributed by atoms with Crippen molar-refractivity contribution in [2.45, 2.75) is 13.8 Å². The van der Waals surface area contributed by atoms with E-state index in [1.54, 1.807) is 24.3 Å². The zero-order chi connectivity index (χ0) is 18.8. The minimum Gasteiger partial charge on any atom is -0.452 e. The van der Waals surface area contributed by atoms with E-state index in [2.05, 4.69) is 10.2 Å². The van der Waals surface area contributed by atoms with Gasteiger partial charge in [0.25, 0.3) is 11.8 Å². The van der Waals surface area contributed by atoms with Crippen LogP contribution in [0.2, 0.25) is 0 Å². The first-order valence-electron chi connectivity index (χ1n) is 8.04. The van der Waals surface area contributed by atoms with Gasteiger partial charge in [-0.05, 0) is 25.0 Å². The number of hydrogen-bond donors (Lipinski definition) is 1. The van der Waals surface area contributed by atoms with E-state index in [0.717, 1.165) is 18.2 Å². The molecule has 1 aliphatic heterocycles. The Labute approximate surface area is 151 Å². The molecule has 0 spiro atoms. The van der Waals surface area contributed by atoms with Crippen molar-refractivity contribution in [1.82, 2.24) is 10.4 Å². The Kier molecular flexibility index (Phi) is 4.58. The van der Waals surface area contributed by atoms with Crippen LogP contribution in [-0.2, 0) is 14.3 Å². The predicted molar refractivity (Wildman–Crippen MR) is 96.6 cm³/mol. The minimum atomic E-state index is -0.889. The number of hydrogen-bond acceptors (Lipinski definition) is 4. The van der Waals surface area contributed by atoms with Crippen LogP contribution in [0, 0.1) is 13.8 Å². The molecular weight excluding hydrogens is 332 g/mol. The molecule has 6 nitrogen and oxygen atoms in total. The van der Waals surface area contributed by atoms with E-state index in [-0.39, 0.29) is 11.1 Å². The van der Waals surface area contributed by atoms with Crippen molar-refractivity contribution in [1.29, 1.82) is 0 Å². The van der Waals surface area contributed by atoms with Gasteiger partial charge in [0.15, 0.2) is 0 Å². The molecule has 0 aliphatic carbocycles. The van der Waals surface area contributed by atoms with Gasteiger partial charge in [0, 0.05) is 0 Å². The summed E-state index contributed by atoms with van der Waals surface area (Å²) in [6.45, 7) is 3.87. The second-order valence-electron chi connectivity index (χ2n) is 6.03. The first-order valence-corrected chi connectivity index (χ1v) is 8.04. The number of ether oxygens (including phenoxy) is 1. The fraction of sp³-hybridized carbons (Fsp3) is 0.150. The molecule has 2 aromatic carbocycles. The number of methoxy groups -OCH3 is 1. The summed E-state index contributed by atoms with van der Waals surface area (Å²) in [5, 5.41) is 0.691. The van der Waals surface area contributed by atoms with Gasteiger partial charge < -0.3 is 4.74 Å². The average Bonchev–Trinajstić information content (AvgIpc) is 2.88. The van der Waals surface area contributed by atoms with E-state index in [4.69, 9.17) is 0 Å². The molecule has 0 aromatic heterocycles. The molecule has 1 aliphatic rings. The van der Waals surface area contributed by atoms with Crippen molar-refractivity contribution >= 4 is 29.1 Å². The van der Waals surface area contributed by atoms with Crippen molar-refractivity contribution in [2.24, 2.45) is 0 Å². The Hall–Kier alpha value is -3.41.